The molecular formula is C48H78N4O18. The first kappa shape index (κ1) is 64.9. The molecule has 0 rings (SSSR count). The number of aliphatic hydroxyl groups excluding tert-OH is 6. The van der Waals surface area contributed by atoms with Gasteiger partial charge in [0.05, 0.1) is 0 Å². The Morgan fingerprint density at radius 3 is 0.571 bits per heavy atom. The zero-order chi connectivity index (χ0) is 53.7. The maximum atomic E-state index is 12.2. The minimum Gasteiger partial charge on any atom is -0.460 e. The summed E-state index contributed by atoms with van der Waals surface area (Å²) in [6, 6.07) is 0. The second-order valence-corrected chi connectivity index (χ2v) is 17.3. The van der Waals surface area contributed by atoms with Crippen molar-refractivity contribution in [3.8, 4) is 0 Å². The van der Waals surface area contributed by atoms with Crippen LogP contribution in [0.4, 0.5) is 0 Å². The highest BCUT2D eigenvalue weighted by atomic mass is 16.6. The van der Waals surface area contributed by atoms with E-state index in [1.807, 2.05) is 0 Å². The molecule has 0 heterocycles. The van der Waals surface area contributed by atoms with E-state index in [-0.39, 0.29) is 112 Å². The highest BCUT2D eigenvalue weighted by Crippen LogP contribution is 2.08. The van der Waals surface area contributed by atoms with Crippen LogP contribution in [0.25, 0.3) is 0 Å². The maximum absolute atomic E-state index is 12.2. The predicted molar refractivity (Wildman–Crippen MR) is 256 cm³/mol. The summed E-state index contributed by atoms with van der Waals surface area (Å²) in [5, 5.41) is 65.7. The standard InChI is InChI=1S/C48H78N4O18/c1-31(2)43(59)65-25-37(53)19-49(15-17-51(21-39(55)27-67-45(61)33(5)6)22-40(56)28-68-46(62)34(7)8)13-14-50(20-38(54)26-66-44(60)32(3)4)16-18-52(23-41(57)29-69-47(63)35(9)10)24-42(58)30-70-48(64)36(11)12/h37-42,53-58H,1,3,5,7,9,11,13-30H2,2,4,6,8,10,12H3. The second kappa shape index (κ2) is 35.0. The third-order valence-corrected chi connectivity index (χ3v) is 9.54. The Bertz CT molecular complexity index is 1590. The first-order chi connectivity index (χ1) is 32.6. The van der Waals surface area contributed by atoms with E-state index < -0.39 is 112 Å². The van der Waals surface area contributed by atoms with Gasteiger partial charge < -0.3 is 59.1 Å². The van der Waals surface area contributed by atoms with Crippen LogP contribution in [0.5, 0.6) is 0 Å². The predicted octanol–water partition coefficient (Wildman–Crippen LogP) is -0.924. The van der Waals surface area contributed by atoms with Gasteiger partial charge in [0.25, 0.3) is 0 Å². The number of esters is 6. The fourth-order valence-electron chi connectivity index (χ4n) is 5.83. The van der Waals surface area contributed by atoms with Gasteiger partial charge in [-0.15, -0.1) is 0 Å². The number of ether oxygens (including phenoxy) is 6. The molecule has 0 aliphatic rings. The molecule has 22 heteroatoms. The summed E-state index contributed by atoms with van der Waals surface area (Å²) in [5.74, 6) is -4.35. The normalized spacial score (nSPS) is 13.9. The Morgan fingerprint density at radius 2 is 0.429 bits per heavy atom. The number of hydrogen-bond acceptors (Lipinski definition) is 22. The molecule has 0 spiro atoms. The lowest BCUT2D eigenvalue weighted by Crippen LogP contribution is -2.49. The Labute approximate surface area is 411 Å². The molecule has 0 aliphatic carbocycles. The van der Waals surface area contributed by atoms with E-state index in [1.54, 1.807) is 19.6 Å². The van der Waals surface area contributed by atoms with Crippen LogP contribution in [0, 0.1) is 0 Å². The van der Waals surface area contributed by atoms with Crippen LogP contribution >= 0.6 is 0 Å². The Kier molecular flexibility index (Phi) is 32.5. The van der Waals surface area contributed by atoms with E-state index in [1.165, 1.54) is 41.5 Å². The van der Waals surface area contributed by atoms with Crippen LogP contribution in [0.1, 0.15) is 41.5 Å². The van der Waals surface area contributed by atoms with Crippen LogP contribution < -0.4 is 0 Å². The number of hydrogen-bond donors (Lipinski definition) is 6. The number of aliphatic hydroxyl groups is 6. The number of carbonyl (C=O) groups excluding carboxylic acids is 6. The van der Waals surface area contributed by atoms with Gasteiger partial charge in [0.2, 0.25) is 0 Å². The molecule has 0 aromatic rings. The van der Waals surface area contributed by atoms with Crippen molar-refractivity contribution >= 4 is 35.8 Å². The first-order valence-corrected chi connectivity index (χ1v) is 22.5. The summed E-state index contributed by atoms with van der Waals surface area (Å²) >= 11 is 0. The third-order valence-electron chi connectivity index (χ3n) is 9.54. The van der Waals surface area contributed by atoms with Crippen molar-refractivity contribution in [3.63, 3.8) is 0 Å². The van der Waals surface area contributed by atoms with Gasteiger partial charge in [-0.05, 0) is 41.5 Å². The van der Waals surface area contributed by atoms with Crippen molar-refractivity contribution in [1.82, 2.24) is 19.6 Å². The SMILES string of the molecule is C=C(C)C(=O)OCC(O)CN(CCN(CCN(CC(O)COC(=O)C(=C)C)CC(O)COC(=O)C(=C)C)CC(O)COC(=O)C(=C)C)CCN(CC(O)COC(=O)C(=C)C)CC(O)COC(=O)C(=C)C. The van der Waals surface area contributed by atoms with Gasteiger partial charge in [0, 0.05) is 112 Å². The van der Waals surface area contributed by atoms with Gasteiger partial charge in [0.1, 0.15) is 76.3 Å². The van der Waals surface area contributed by atoms with Gasteiger partial charge in [-0.25, -0.2) is 28.8 Å². The zero-order valence-corrected chi connectivity index (χ0v) is 41.8. The molecular weight excluding hydrogens is 921 g/mol. The monoisotopic (exact) mass is 999 g/mol. The molecule has 0 aliphatic heterocycles. The molecule has 6 unspecified atom stereocenters. The van der Waals surface area contributed by atoms with Crippen molar-refractivity contribution in [1.29, 1.82) is 0 Å². The van der Waals surface area contributed by atoms with Crippen LogP contribution in [0.2, 0.25) is 0 Å². The van der Waals surface area contributed by atoms with Crippen LogP contribution in [-0.4, -0.2) is 241 Å². The summed E-state index contributed by atoms with van der Waals surface area (Å²) in [5.41, 5.74) is 0.671. The largest absolute Gasteiger partial charge is 0.460 e. The molecule has 70 heavy (non-hydrogen) atoms. The Balaban J connectivity index is 6.79. The quantitative estimate of drug-likeness (QED) is 0.0247. The lowest BCUT2D eigenvalue weighted by Gasteiger charge is -2.34. The molecule has 0 amide bonds. The molecule has 6 N–H and O–H groups in total. The lowest BCUT2D eigenvalue weighted by atomic mass is 10.2. The van der Waals surface area contributed by atoms with Crippen molar-refractivity contribution in [3.05, 3.63) is 72.9 Å². The molecule has 0 bridgehead atoms. The van der Waals surface area contributed by atoms with E-state index in [0.29, 0.717) is 0 Å². The maximum Gasteiger partial charge on any atom is 0.333 e. The summed E-state index contributed by atoms with van der Waals surface area (Å²) in [6.07, 6.45) is -7.48. The molecule has 6 atom stereocenters. The minimum atomic E-state index is -1.25. The number of rotatable bonds is 39. The highest BCUT2D eigenvalue weighted by molar-refractivity contribution is 5.88. The zero-order valence-electron chi connectivity index (χ0n) is 41.8. The van der Waals surface area contributed by atoms with Gasteiger partial charge in [0.15, 0.2) is 0 Å². The van der Waals surface area contributed by atoms with Gasteiger partial charge in [-0.3, -0.25) is 19.6 Å². The smallest absolute Gasteiger partial charge is 0.333 e. The number of nitrogens with zero attached hydrogens (tertiary/aromatic N) is 4. The molecule has 22 nitrogen and oxygen atoms in total. The van der Waals surface area contributed by atoms with E-state index in [0.717, 1.165) is 0 Å². The second-order valence-electron chi connectivity index (χ2n) is 17.3. The third kappa shape index (κ3) is 31.2. The number of carbonyl (C=O) groups is 6. The van der Waals surface area contributed by atoms with Crippen molar-refractivity contribution in [2.24, 2.45) is 0 Å². The molecule has 398 valence electrons. The van der Waals surface area contributed by atoms with Crippen LogP contribution in [-0.2, 0) is 57.2 Å². The molecule has 0 saturated heterocycles. The summed E-state index contributed by atoms with van der Waals surface area (Å²) in [6.45, 7) is 27.3. The van der Waals surface area contributed by atoms with Crippen molar-refractivity contribution in [2.75, 3.05) is 118 Å². The minimum absolute atomic E-state index is 0.0875. The lowest BCUT2D eigenvalue weighted by molar-refractivity contribution is -0.144. The summed E-state index contributed by atoms with van der Waals surface area (Å²) < 4.78 is 30.8. The molecule has 0 aromatic heterocycles. The molecule has 0 aromatic carbocycles. The Morgan fingerprint density at radius 1 is 0.300 bits per heavy atom. The average Bonchev–Trinajstić information content (AvgIpc) is 3.28. The molecule has 0 fully saturated rings. The average molecular weight is 999 g/mol. The Hall–Kier alpha value is -5.14. The first-order valence-electron chi connectivity index (χ1n) is 22.5. The van der Waals surface area contributed by atoms with E-state index in [4.69, 9.17) is 28.4 Å². The van der Waals surface area contributed by atoms with Crippen LogP contribution in [0.3, 0.4) is 0 Å². The van der Waals surface area contributed by atoms with E-state index >= 15 is 0 Å². The molecule has 0 radical (unpaired) electrons. The topological polar surface area (TPSA) is 292 Å². The van der Waals surface area contributed by atoms with E-state index in [9.17, 15) is 59.4 Å². The van der Waals surface area contributed by atoms with Gasteiger partial charge in [-0.2, -0.15) is 0 Å². The summed E-state index contributed by atoms with van der Waals surface area (Å²) in [4.78, 5) is 79.4. The van der Waals surface area contributed by atoms with Crippen molar-refractivity contribution < 1.29 is 87.8 Å². The fraction of sp³-hybridized carbons (Fsp3) is 0.625. The fourth-order valence-corrected chi connectivity index (χ4v) is 5.83. The summed E-state index contributed by atoms with van der Waals surface area (Å²) in [7, 11) is 0. The van der Waals surface area contributed by atoms with Gasteiger partial charge in [-0.1, -0.05) is 39.5 Å². The van der Waals surface area contributed by atoms with Crippen LogP contribution in [0.15, 0.2) is 72.9 Å². The van der Waals surface area contributed by atoms with Gasteiger partial charge >= 0.3 is 35.8 Å². The van der Waals surface area contributed by atoms with Crippen molar-refractivity contribution in [2.45, 2.75) is 78.2 Å². The van der Waals surface area contributed by atoms with E-state index in [2.05, 4.69) is 39.5 Å². The highest BCUT2D eigenvalue weighted by Gasteiger charge is 2.25. The molecule has 0 saturated carbocycles.